The number of para-hydroxylation sites is 1. The van der Waals surface area contributed by atoms with E-state index in [4.69, 9.17) is 0 Å². The fourth-order valence-corrected chi connectivity index (χ4v) is 2.18. The van der Waals surface area contributed by atoms with Crippen molar-refractivity contribution in [2.75, 3.05) is 0 Å². The zero-order valence-corrected chi connectivity index (χ0v) is 9.72. The van der Waals surface area contributed by atoms with E-state index in [0.717, 1.165) is 22.0 Å². The highest BCUT2D eigenvalue weighted by Gasteiger charge is 2.07. The predicted molar refractivity (Wildman–Crippen MR) is 70.9 cm³/mol. The van der Waals surface area contributed by atoms with Crippen LogP contribution in [0.4, 0.5) is 0 Å². The van der Waals surface area contributed by atoms with Gasteiger partial charge in [0, 0.05) is 23.5 Å². The van der Waals surface area contributed by atoms with Crippen LogP contribution in [0.25, 0.3) is 10.9 Å². The first-order chi connectivity index (χ1) is 8.74. The molecule has 0 aliphatic heterocycles. The summed E-state index contributed by atoms with van der Waals surface area (Å²) in [5.41, 5.74) is 2.92. The van der Waals surface area contributed by atoms with Crippen molar-refractivity contribution in [3.8, 4) is 11.5 Å². The second-order valence-corrected chi connectivity index (χ2v) is 4.35. The van der Waals surface area contributed by atoms with Gasteiger partial charge in [-0.3, -0.25) is 0 Å². The lowest BCUT2D eigenvalue weighted by Gasteiger charge is -2.03. The summed E-state index contributed by atoms with van der Waals surface area (Å²) in [4.78, 5) is 3.16. The van der Waals surface area contributed by atoms with Crippen molar-refractivity contribution in [3.63, 3.8) is 0 Å². The van der Waals surface area contributed by atoms with Crippen molar-refractivity contribution in [2.45, 2.75) is 6.42 Å². The smallest absolute Gasteiger partial charge is 0.119 e. The Hall–Kier alpha value is -2.42. The number of nitrogens with one attached hydrogen (secondary N) is 1. The standard InChI is InChI=1S/C15H13NO2/c17-12-5-6-14-13(8-12)11(9-16-14)7-10-3-1-2-4-15(10)18/h1-6,8-9,16-18H,7H2. The summed E-state index contributed by atoms with van der Waals surface area (Å²) in [6.07, 6.45) is 2.55. The van der Waals surface area contributed by atoms with Crippen LogP contribution >= 0.6 is 0 Å². The minimum Gasteiger partial charge on any atom is -0.508 e. The Morgan fingerprint density at radius 3 is 2.61 bits per heavy atom. The lowest BCUT2D eigenvalue weighted by molar-refractivity contribution is 0.469. The summed E-state index contributed by atoms with van der Waals surface area (Å²) in [6, 6.07) is 12.5. The highest BCUT2D eigenvalue weighted by molar-refractivity contribution is 5.84. The molecule has 0 spiro atoms. The van der Waals surface area contributed by atoms with Crippen LogP contribution < -0.4 is 0 Å². The fourth-order valence-electron chi connectivity index (χ4n) is 2.18. The molecule has 3 nitrogen and oxygen atoms in total. The van der Waals surface area contributed by atoms with Crippen molar-refractivity contribution in [3.05, 3.63) is 59.8 Å². The number of H-pyrrole nitrogens is 1. The summed E-state index contributed by atoms with van der Waals surface area (Å²) in [6.45, 7) is 0. The molecule has 0 radical (unpaired) electrons. The minimum absolute atomic E-state index is 0.251. The molecule has 0 aliphatic carbocycles. The van der Waals surface area contributed by atoms with Gasteiger partial charge in [-0.2, -0.15) is 0 Å². The van der Waals surface area contributed by atoms with Crippen molar-refractivity contribution in [1.82, 2.24) is 4.98 Å². The molecular weight excluding hydrogens is 226 g/mol. The van der Waals surface area contributed by atoms with Gasteiger partial charge in [-0.15, -0.1) is 0 Å². The Kier molecular flexibility index (Phi) is 2.45. The molecule has 0 unspecified atom stereocenters. The zero-order valence-electron chi connectivity index (χ0n) is 9.72. The summed E-state index contributed by atoms with van der Waals surface area (Å²) in [5, 5.41) is 20.3. The molecule has 1 heterocycles. The summed E-state index contributed by atoms with van der Waals surface area (Å²) >= 11 is 0. The molecule has 90 valence electrons. The quantitative estimate of drug-likeness (QED) is 0.643. The van der Waals surface area contributed by atoms with Crippen molar-refractivity contribution in [2.24, 2.45) is 0 Å². The monoisotopic (exact) mass is 239 g/mol. The van der Waals surface area contributed by atoms with Gasteiger partial charge >= 0.3 is 0 Å². The van der Waals surface area contributed by atoms with Crippen LogP contribution in [-0.2, 0) is 6.42 Å². The third-order valence-electron chi connectivity index (χ3n) is 3.12. The Labute approximate surface area is 104 Å². The number of aromatic amines is 1. The van der Waals surface area contributed by atoms with Gasteiger partial charge in [0.05, 0.1) is 0 Å². The average molecular weight is 239 g/mol. The Bertz CT molecular complexity index is 701. The highest BCUT2D eigenvalue weighted by atomic mass is 16.3. The first-order valence-electron chi connectivity index (χ1n) is 5.80. The highest BCUT2D eigenvalue weighted by Crippen LogP contribution is 2.27. The second kappa shape index (κ2) is 4.11. The predicted octanol–water partition coefficient (Wildman–Crippen LogP) is 3.17. The Morgan fingerprint density at radius 2 is 1.78 bits per heavy atom. The molecule has 0 fully saturated rings. The van der Waals surface area contributed by atoms with Crippen LogP contribution in [0.1, 0.15) is 11.1 Å². The van der Waals surface area contributed by atoms with E-state index in [-0.39, 0.29) is 5.75 Å². The Morgan fingerprint density at radius 1 is 0.944 bits per heavy atom. The van der Waals surface area contributed by atoms with Crippen LogP contribution in [0.5, 0.6) is 11.5 Å². The maximum absolute atomic E-state index is 9.78. The van der Waals surface area contributed by atoms with Gasteiger partial charge in [0.15, 0.2) is 0 Å². The minimum atomic E-state index is 0.251. The van der Waals surface area contributed by atoms with E-state index in [1.54, 1.807) is 24.3 Å². The van der Waals surface area contributed by atoms with E-state index in [9.17, 15) is 10.2 Å². The average Bonchev–Trinajstić information content (AvgIpc) is 2.75. The number of phenolic OH excluding ortho intramolecular Hbond substituents is 2. The first-order valence-corrected chi connectivity index (χ1v) is 5.80. The molecule has 3 N–H and O–H groups in total. The summed E-state index contributed by atoms with van der Waals surface area (Å²) in [5.74, 6) is 0.549. The lowest BCUT2D eigenvalue weighted by atomic mass is 10.0. The Balaban J connectivity index is 2.05. The number of aromatic nitrogens is 1. The normalized spacial score (nSPS) is 10.9. The maximum Gasteiger partial charge on any atom is 0.119 e. The van der Waals surface area contributed by atoms with Crippen LogP contribution in [0.15, 0.2) is 48.7 Å². The van der Waals surface area contributed by atoms with E-state index in [1.165, 1.54) is 0 Å². The van der Waals surface area contributed by atoms with E-state index >= 15 is 0 Å². The largest absolute Gasteiger partial charge is 0.508 e. The van der Waals surface area contributed by atoms with Gasteiger partial charge in [-0.05, 0) is 35.4 Å². The third kappa shape index (κ3) is 1.80. The van der Waals surface area contributed by atoms with Crippen molar-refractivity contribution >= 4 is 10.9 Å². The zero-order chi connectivity index (χ0) is 12.5. The molecule has 0 aliphatic rings. The molecule has 0 amide bonds. The molecule has 3 aromatic rings. The topological polar surface area (TPSA) is 56.2 Å². The summed E-state index contributed by atoms with van der Waals surface area (Å²) in [7, 11) is 0. The van der Waals surface area contributed by atoms with Gasteiger partial charge in [0.25, 0.3) is 0 Å². The first kappa shape index (κ1) is 10.7. The van der Waals surface area contributed by atoms with Crippen LogP contribution in [0, 0.1) is 0 Å². The number of hydrogen-bond acceptors (Lipinski definition) is 2. The molecule has 2 aromatic carbocycles. The molecule has 3 rings (SSSR count). The molecular formula is C15H13NO2. The summed E-state index contributed by atoms with van der Waals surface area (Å²) < 4.78 is 0. The number of rotatable bonds is 2. The number of aromatic hydroxyl groups is 2. The molecule has 18 heavy (non-hydrogen) atoms. The van der Waals surface area contributed by atoms with E-state index in [2.05, 4.69) is 4.98 Å². The van der Waals surface area contributed by atoms with Crippen molar-refractivity contribution < 1.29 is 10.2 Å². The van der Waals surface area contributed by atoms with E-state index < -0.39 is 0 Å². The molecule has 0 saturated heterocycles. The van der Waals surface area contributed by atoms with Gasteiger partial charge in [0.2, 0.25) is 0 Å². The fraction of sp³-hybridized carbons (Fsp3) is 0.0667. The SMILES string of the molecule is Oc1ccc2[nH]cc(Cc3ccccc3O)c2c1. The molecule has 1 aromatic heterocycles. The maximum atomic E-state index is 9.78. The number of fused-ring (bicyclic) bond motifs is 1. The number of phenols is 2. The van der Waals surface area contributed by atoms with E-state index in [0.29, 0.717) is 12.2 Å². The third-order valence-corrected chi connectivity index (χ3v) is 3.12. The molecule has 0 atom stereocenters. The lowest BCUT2D eigenvalue weighted by Crippen LogP contribution is -1.87. The molecule has 0 saturated carbocycles. The van der Waals surface area contributed by atoms with Gasteiger partial charge < -0.3 is 15.2 Å². The van der Waals surface area contributed by atoms with Crippen LogP contribution in [-0.4, -0.2) is 15.2 Å². The van der Waals surface area contributed by atoms with Gasteiger partial charge in [-0.1, -0.05) is 18.2 Å². The number of hydrogen-bond donors (Lipinski definition) is 3. The van der Waals surface area contributed by atoms with Gasteiger partial charge in [0.1, 0.15) is 11.5 Å². The van der Waals surface area contributed by atoms with Crippen molar-refractivity contribution in [1.29, 1.82) is 0 Å². The van der Waals surface area contributed by atoms with Crippen LogP contribution in [0.3, 0.4) is 0 Å². The molecule has 0 bridgehead atoms. The molecule has 3 heteroatoms. The van der Waals surface area contributed by atoms with Crippen LogP contribution in [0.2, 0.25) is 0 Å². The second-order valence-electron chi connectivity index (χ2n) is 4.35. The number of benzene rings is 2. The van der Waals surface area contributed by atoms with Gasteiger partial charge in [-0.25, -0.2) is 0 Å². The van der Waals surface area contributed by atoms with E-state index in [1.807, 2.05) is 24.4 Å².